The first-order valence-corrected chi connectivity index (χ1v) is 6.60. The van der Waals surface area contributed by atoms with Crippen LogP contribution in [0.15, 0.2) is 58.7 Å². The SMILES string of the molecule is N#C/C(=C1/C(=C(F)F)/C1=C(/I)c1ccccc1)C(F)(F)F. The third kappa shape index (κ3) is 3.00. The Morgan fingerprint density at radius 3 is 2.00 bits per heavy atom. The Labute approximate surface area is 130 Å². The molecule has 0 bridgehead atoms. The molecule has 7 heteroatoms. The Morgan fingerprint density at radius 2 is 1.57 bits per heavy atom. The summed E-state index contributed by atoms with van der Waals surface area (Å²) in [5.74, 6) is 0. The zero-order valence-electron chi connectivity index (χ0n) is 10.1. The molecule has 21 heavy (non-hydrogen) atoms. The van der Waals surface area contributed by atoms with Gasteiger partial charge in [-0.3, -0.25) is 0 Å². The van der Waals surface area contributed by atoms with Crippen molar-refractivity contribution in [2.45, 2.75) is 6.18 Å². The first-order chi connectivity index (χ1) is 9.79. The van der Waals surface area contributed by atoms with E-state index in [1.54, 1.807) is 52.9 Å². The van der Waals surface area contributed by atoms with Crippen LogP contribution in [0.2, 0.25) is 0 Å². The summed E-state index contributed by atoms with van der Waals surface area (Å²) in [5, 5.41) is 8.62. The van der Waals surface area contributed by atoms with E-state index >= 15 is 0 Å². The largest absolute Gasteiger partial charge is 0.426 e. The third-order valence-electron chi connectivity index (χ3n) is 2.77. The molecule has 0 atom stereocenters. The van der Waals surface area contributed by atoms with Crippen LogP contribution in [-0.2, 0) is 0 Å². The number of alkyl halides is 3. The van der Waals surface area contributed by atoms with Gasteiger partial charge in [-0.1, -0.05) is 30.3 Å². The van der Waals surface area contributed by atoms with Gasteiger partial charge in [0.2, 0.25) is 0 Å². The molecular formula is C14H5F5IN. The molecular weight excluding hydrogens is 404 g/mol. The average Bonchev–Trinajstić information content (AvgIpc) is 3.13. The maximum atomic E-state index is 12.8. The van der Waals surface area contributed by atoms with Crippen LogP contribution >= 0.6 is 22.6 Å². The topological polar surface area (TPSA) is 23.8 Å². The summed E-state index contributed by atoms with van der Waals surface area (Å²) in [6.45, 7) is 0. The maximum Gasteiger partial charge on any atom is 0.426 e. The number of hydrogen-bond acceptors (Lipinski definition) is 1. The molecule has 0 heterocycles. The lowest BCUT2D eigenvalue weighted by atomic mass is 10.2. The number of benzene rings is 1. The monoisotopic (exact) mass is 409 g/mol. The van der Waals surface area contributed by atoms with Crippen LogP contribution in [0.3, 0.4) is 0 Å². The number of rotatable bonds is 1. The molecule has 0 aromatic heterocycles. The van der Waals surface area contributed by atoms with Gasteiger partial charge >= 0.3 is 6.18 Å². The van der Waals surface area contributed by atoms with E-state index in [0.29, 0.717) is 5.56 Å². The molecule has 0 aliphatic heterocycles. The highest BCUT2D eigenvalue weighted by Crippen LogP contribution is 2.56. The molecule has 1 fully saturated rings. The Kier molecular flexibility index (Phi) is 4.18. The molecule has 0 saturated heterocycles. The molecule has 0 radical (unpaired) electrons. The summed E-state index contributed by atoms with van der Waals surface area (Å²) in [5.41, 5.74) is -2.78. The van der Waals surface area contributed by atoms with Crippen molar-refractivity contribution in [1.82, 2.24) is 0 Å². The Bertz CT molecular complexity index is 716. The smallest absolute Gasteiger partial charge is 0.192 e. The Hall–Kier alpha value is -1.69. The normalized spacial score (nSPS) is 19.0. The average molecular weight is 409 g/mol. The summed E-state index contributed by atoms with van der Waals surface area (Å²) in [7, 11) is 0. The van der Waals surface area contributed by atoms with E-state index in [2.05, 4.69) is 0 Å². The quantitative estimate of drug-likeness (QED) is 0.347. The zero-order valence-corrected chi connectivity index (χ0v) is 12.3. The fourth-order valence-electron chi connectivity index (χ4n) is 1.84. The number of hydrogen-bond donors (Lipinski definition) is 0. The van der Waals surface area contributed by atoms with Crippen LogP contribution in [0, 0.1) is 11.3 Å². The lowest BCUT2D eigenvalue weighted by Gasteiger charge is -2.01. The summed E-state index contributed by atoms with van der Waals surface area (Å²) in [6, 6.07) is 9.15. The highest BCUT2D eigenvalue weighted by Gasteiger charge is 2.48. The predicted molar refractivity (Wildman–Crippen MR) is 75.3 cm³/mol. The molecule has 1 aliphatic carbocycles. The Balaban J connectivity index is 2.69. The van der Waals surface area contributed by atoms with Gasteiger partial charge in [0.1, 0.15) is 11.6 Å². The summed E-state index contributed by atoms with van der Waals surface area (Å²) >= 11 is 1.70. The Morgan fingerprint density at radius 1 is 1.00 bits per heavy atom. The van der Waals surface area contributed by atoms with Gasteiger partial charge < -0.3 is 0 Å². The van der Waals surface area contributed by atoms with Crippen molar-refractivity contribution < 1.29 is 22.0 Å². The summed E-state index contributed by atoms with van der Waals surface area (Å²) in [6.07, 6.45) is -7.18. The minimum Gasteiger partial charge on any atom is -0.192 e. The first-order valence-electron chi connectivity index (χ1n) is 5.52. The number of allylic oxidation sites excluding steroid dienone is 4. The third-order valence-corrected chi connectivity index (χ3v) is 3.93. The van der Waals surface area contributed by atoms with Crippen molar-refractivity contribution in [2.75, 3.05) is 0 Å². The molecule has 1 saturated carbocycles. The molecule has 1 nitrogen and oxygen atoms in total. The molecule has 1 aliphatic rings. The minimum absolute atomic E-state index is 0.212. The van der Waals surface area contributed by atoms with Crippen molar-refractivity contribution in [3.63, 3.8) is 0 Å². The second kappa shape index (κ2) is 5.60. The van der Waals surface area contributed by atoms with Crippen LogP contribution in [0.25, 0.3) is 3.58 Å². The van der Waals surface area contributed by atoms with Crippen LogP contribution in [0.4, 0.5) is 22.0 Å². The molecule has 0 amide bonds. The molecule has 1 aromatic carbocycles. The van der Waals surface area contributed by atoms with Gasteiger partial charge in [0.05, 0.1) is 5.57 Å². The second-order valence-corrected chi connectivity index (χ2v) is 5.13. The van der Waals surface area contributed by atoms with E-state index in [4.69, 9.17) is 5.26 Å². The van der Waals surface area contributed by atoms with Crippen molar-refractivity contribution in [3.8, 4) is 6.07 Å². The van der Waals surface area contributed by atoms with Crippen LogP contribution in [0.1, 0.15) is 5.56 Å². The lowest BCUT2D eigenvalue weighted by molar-refractivity contribution is -0.0875. The van der Waals surface area contributed by atoms with E-state index in [1.165, 1.54) is 0 Å². The van der Waals surface area contributed by atoms with Gasteiger partial charge in [-0.25, -0.2) is 0 Å². The van der Waals surface area contributed by atoms with Crippen molar-refractivity contribution >= 4 is 26.2 Å². The molecule has 0 spiro atoms. The van der Waals surface area contributed by atoms with Crippen LogP contribution in [0.5, 0.6) is 0 Å². The van der Waals surface area contributed by atoms with Crippen LogP contribution < -0.4 is 0 Å². The zero-order chi connectivity index (χ0) is 15.8. The van der Waals surface area contributed by atoms with Crippen molar-refractivity contribution in [1.29, 1.82) is 5.26 Å². The maximum absolute atomic E-state index is 12.8. The lowest BCUT2D eigenvalue weighted by Crippen LogP contribution is -2.10. The van der Waals surface area contributed by atoms with Crippen LogP contribution in [-0.4, -0.2) is 6.18 Å². The first kappa shape index (κ1) is 15.7. The van der Waals surface area contributed by atoms with E-state index in [-0.39, 0.29) is 9.15 Å². The number of nitrogens with zero attached hydrogens (tertiary/aromatic N) is 1. The predicted octanol–water partition coefficient (Wildman–Crippen LogP) is 5.38. The van der Waals surface area contributed by atoms with Gasteiger partial charge in [-0.2, -0.15) is 27.2 Å². The number of nitriles is 1. The highest BCUT2D eigenvalue weighted by atomic mass is 127. The van der Waals surface area contributed by atoms with Gasteiger partial charge in [0.25, 0.3) is 6.08 Å². The molecule has 108 valence electrons. The number of halogens is 6. The fourth-order valence-corrected chi connectivity index (χ4v) is 2.73. The van der Waals surface area contributed by atoms with E-state index < -0.39 is 29.0 Å². The van der Waals surface area contributed by atoms with Gasteiger partial charge in [0.15, 0.2) is 0 Å². The molecule has 1 aromatic rings. The molecule has 0 unspecified atom stereocenters. The van der Waals surface area contributed by atoms with Crippen molar-refractivity contribution in [2.24, 2.45) is 0 Å². The standard InChI is InChI=1S/C14H5F5IN/c15-13(16)11-9(8(6-21)14(17,18)19)10(11)12(20)7-4-2-1-3-5-7/h1-5H/b9-8-,12-10+. The highest BCUT2D eigenvalue weighted by molar-refractivity contribution is 14.1. The van der Waals surface area contributed by atoms with Gasteiger partial charge in [0, 0.05) is 14.7 Å². The van der Waals surface area contributed by atoms with E-state index in [0.717, 1.165) is 6.07 Å². The van der Waals surface area contributed by atoms with E-state index in [9.17, 15) is 22.0 Å². The summed E-state index contributed by atoms with van der Waals surface area (Å²) < 4.78 is 64.0. The molecule has 2 rings (SSSR count). The van der Waals surface area contributed by atoms with Gasteiger partial charge in [-0.05, 0) is 28.2 Å². The van der Waals surface area contributed by atoms with Gasteiger partial charge in [-0.15, -0.1) is 0 Å². The minimum atomic E-state index is -4.96. The van der Waals surface area contributed by atoms with E-state index in [1.807, 2.05) is 0 Å². The van der Waals surface area contributed by atoms with Crippen molar-refractivity contribution in [3.05, 3.63) is 64.3 Å². The fraction of sp³-hybridized carbons (Fsp3) is 0.0714. The molecule has 0 N–H and O–H groups in total. The second-order valence-electron chi connectivity index (χ2n) is 4.05. The summed E-state index contributed by atoms with van der Waals surface area (Å²) in [4.78, 5) is 0.